The van der Waals surface area contributed by atoms with Crippen LogP contribution in [0.4, 0.5) is 0 Å². The van der Waals surface area contributed by atoms with Crippen LogP contribution in [-0.4, -0.2) is 6.54 Å². The van der Waals surface area contributed by atoms with Crippen molar-refractivity contribution in [3.05, 3.63) is 12.7 Å². The van der Waals surface area contributed by atoms with E-state index in [2.05, 4.69) is 12.7 Å². The average Bonchev–Trinajstić information content (AvgIpc) is 2.87. The summed E-state index contributed by atoms with van der Waals surface area (Å²) in [7, 11) is 0. The van der Waals surface area contributed by atoms with E-state index in [1.165, 1.54) is 199 Å². The smallest absolute Gasteiger partial charge is 0.00773 e. The Hall–Kier alpha value is -0.300. The topological polar surface area (TPSA) is 26.0 Å². The van der Waals surface area contributed by atoms with E-state index in [0.29, 0.717) is 0 Å². The third kappa shape index (κ3) is 33.7. The van der Waals surface area contributed by atoms with Gasteiger partial charge in [0.05, 0.1) is 0 Å². The minimum atomic E-state index is 0.873. The molecule has 0 aliphatic rings. The van der Waals surface area contributed by atoms with Crippen molar-refractivity contribution in [1.29, 1.82) is 0 Å². The molecule has 0 aromatic rings. The third-order valence-corrected chi connectivity index (χ3v) is 7.86. The van der Waals surface area contributed by atoms with Gasteiger partial charge in [-0.25, -0.2) is 0 Å². The molecule has 0 aromatic carbocycles. The third-order valence-electron chi connectivity index (χ3n) is 7.86. The molecule has 0 aliphatic heterocycles. The molecule has 0 spiro atoms. The van der Waals surface area contributed by atoms with Crippen molar-refractivity contribution in [2.75, 3.05) is 6.54 Å². The Morgan fingerprint density at radius 1 is 0.286 bits per heavy atom. The Labute approximate surface area is 223 Å². The first-order chi connectivity index (χ1) is 17.4. The van der Waals surface area contributed by atoms with Gasteiger partial charge < -0.3 is 5.73 Å². The van der Waals surface area contributed by atoms with Crippen molar-refractivity contribution in [3.63, 3.8) is 0 Å². The van der Waals surface area contributed by atoms with Gasteiger partial charge in [0.15, 0.2) is 0 Å². The van der Waals surface area contributed by atoms with E-state index in [1.807, 2.05) is 0 Å². The van der Waals surface area contributed by atoms with Crippen molar-refractivity contribution in [1.82, 2.24) is 0 Å². The van der Waals surface area contributed by atoms with Crippen LogP contribution in [0, 0.1) is 0 Å². The predicted molar refractivity (Wildman–Crippen MR) is 162 cm³/mol. The van der Waals surface area contributed by atoms with Crippen molar-refractivity contribution in [2.24, 2.45) is 5.73 Å². The summed E-state index contributed by atoms with van der Waals surface area (Å²) in [5, 5.41) is 0. The first kappa shape index (κ1) is 34.7. The monoisotopic (exact) mass is 492 g/mol. The molecule has 0 atom stereocenters. The second-order valence-corrected chi connectivity index (χ2v) is 11.5. The summed E-state index contributed by atoms with van der Waals surface area (Å²) in [6.07, 6.45) is 46.8. The lowest BCUT2D eigenvalue weighted by atomic mass is 10.0. The number of allylic oxidation sites excluding steroid dienone is 1. The molecule has 0 aromatic heterocycles. The van der Waals surface area contributed by atoms with Crippen LogP contribution in [0.3, 0.4) is 0 Å². The maximum Gasteiger partial charge on any atom is -0.00773 e. The lowest BCUT2D eigenvalue weighted by Crippen LogP contribution is -1.97. The fourth-order valence-corrected chi connectivity index (χ4v) is 5.38. The van der Waals surface area contributed by atoms with Gasteiger partial charge in [0, 0.05) is 0 Å². The van der Waals surface area contributed by atoms with Gasteiger partial charge in [-0.3, -0.25) is 0 Å². The molecule has 1 nitrogen and oxygen atoms in total. The van der Waals surface area contributed by atoms with Crippen LogP contribution in [-0.2, 0) is 0 Å². The predicted octanol–water partition coefficient (Wildman–Crippen LogP) is 12.2. The zero-order chi connectivity index (χ0) is 25.3. The Morgan fingerprint density at radius 3 is 0.629 bits per heavy atom. The van der Waals surface area contributed by atoms with E-state index in [-0.39, 0.29) is 0 Å². The number of unbranched alkanes of at least 4 members (excludes halogenated alkanes) is 30. The minimum Gasteiger partial charge on any atom is -0.330 e. The van der Waals surface area contributed by atoms with Gasteiger partial charge in [-0.1, -0.05) is 186 Å². The average molecular weight is 492 g/mol. The summed E-state index contributed by atoms with van der Waals surface area (Å²) >= 11 is 0. The first-order valence-electron chi connectivity index (χ1n) is 16.7. The number of rotatable bonds is 32. The summed E-state index contributed by atoms with van der Waals surface area (Å²) in [5.41, 5.74) is 5.54. The summed E-state index contributed by atoms with van der Waals surface area (Å²) in [6, 6.07) is 0. The van der Waals surface area contributed by atoms with Gasteiger partial charge in [-0.15, -0.1) is 6.58 Å². The van der Waals surface area contributed by atoms with Crippen LogP contribution in [0.2, 0.25) is 0 Å². The highest BCUT2D eigenvalue weighted by molar-refractivity contribution is 4.65. The molecule has 0 amide bonds. The quantitative estimate of drug-likeness (QED) is 0.0734. The summed E-state index contributed by atoms with van der Waals surface area (Å²) in [6.45, 7) is 4.67. The molecule has 0 saturated heterocycles. The van der Waals surface area contributed by atoms with Gasteiger partial charge in [0.1, 0.15) is 0 Å². The van der Waals surface area contributed by atoms with E-state index in [0.717, 1.165) is 6.54 Å². The molecule has 0 unspecified atom stereocenters. The maximum atomic E-state index is 5.54. The van der Waals surface area contributed by atoms with Crippen LogP contribution in [0.25, 0.3) is 0 Å². The fraction of sp³-hybridized carbons (Fsp3) is 0.941. The number of nitrogens with two attached hydrogens (primary N) is 1. The second-order valence-electron chi connectivity index (χ2n) is 11.5. The van der Waals surface area contributed by atoms with Gasteiger partial charge in [0.25, 0.3) is 0 Å². The first-order valence-corrected chi connectivity index (χ1v) is 16.7. The molecule has 0 heterocycles. The van der Waals surface area contributed by atoms with Gasteiger partial charge in [0.2, 0.25) is 0 Å². The highest BCUT2D eigenvalue weighted by Crippen LogP contribution is 2.16. The van der Waals surface area contributed by atoms with Crippen molar-refractivity contribution in [2.45, 2.75) is 199 Å². The molecular formula is C34H69N. The largest absolute Gasteiger partial charge is 0.330 e. The fourth-order valence-electron chi connectivity index (χ4n) is 5.38. The summed E-state index contributed by atoms with van der Waals surface area (Å²) in [4.78, 5) is 0. The normalized spacial score (nSPS) is 11.3. The van der Waals surface area contributed by atoms with Crippen molar-refractivity contribution < 1.29 is 0 Å². The van der Waals surface area contributed by atoms with Crippen molar-refractivity contribution >= 4 is 0 Å². The molecular weight excluding hydrogens is 422 g/mol. The SMILES string of the molecule is C=CCCCCCCCCCCCCCCCCCCCCCCCCCCCCCCCCN. The lowest BCUT2D eigenvalue weighted by molar-refractivity contribution is 0.513. The van der Waals surface area contributed by atoms with Crippen LogP contribution in [0.1, 0.15) is 199 Å². The number of hydrogen-bond acceptors (Lipinski definition) is 1. The minimum absolute atomic E-state index is 0.873. The second kappa shape index (κ2) is 33.7. The highest BCUT2D eigenvalue weighted by Gasteiger charge is 1.97. The van der Waals surface area contributed by atoms with E-state index in [4.69, 9.17) is 5.73 Å². The van der Waals surface area contributed by atoms with E-state index in [9.17, 15) is 0 Å². The van der Waals surface area contributed by atoms with E-state index in [1.54, 1.807) is 0 Å². The van der Waals surface area contributed by atoms with E-state index < -0.39 is 0 Å². The molecule has 0 radical (unpaired) electrons. The Kier molecular flexibility index (Phi) is 33.4. The van der Waals surface area contributed by atoms with Crippen LogP contribution >= 0.6 is 0 Å². The molecule has 210 valence electrons. The molecule has 2 N–H and O–H groups in total. The Balaban J connectivity index is 3.00. The maximum absolute atomic E-state index is 5.54. The molecule has 35 heavy (non-hydrogen) atoms. The van der Waals surface area contributed by atoms with Gasteiger partial charge >= 0.3 is 0 Å². The van der Waals surface area contributed by atoms with Crippen molar-refractivity contribution in [3.8, 4) is 0 Å². The number of hydrogen-bond donors (Lipinski definition) is 1. The molecule has 0 rings (SSSR count). The van der Waals surface area contributed by atoms with E-state index >= 15 is 0 Å². The van der Waals surface area contributed by atoms with Gasteiger partial charge in [-0.2, -0.15) is 0 Å². The summed E-state index contributed by atoms with van der Waals surface area (Å²) in [5.74, 6) is 0. The molecule has 1 heteroatoms. The van der Waals surface area contributed by atoms with Crippen LogP contribution < -0.4 is 5.73 Å². The molecule has 0 saturated carbocycles. The van der Waals surface area contributed by atoms with Gasteiger partial charge in [-0.05, 0) is 25.8 Å². The Morgan fingerprint density at radius 2 is 0.457 bits per heavy atom. The molecule has 0 fully saturated rings. The molecule has 0 aliphatic carbocycles. The highest BCUT2D eigenvalue weighted by atomic mass is 14.5. The zero-order valence-corrected chi connectivity index (χ0v) is 24.5. The molecule has 0 bridgehead atoms. The van der Waals surface area contributed by atoms with Crippen LogP contribution in [0.15, 0.2) is 12.7 Å². The standard InChI is InChI=1S/C34H69N/c1-2-3-4-5-6-7-8-9-10-11-12-13-14-15-16-17-18-19-20-21-22-23-24-25-26-27-28-29-30-31-32-33-34-35/h2H,1,3-35H2. The van der Waals surface area contributed by atoms with Crippen LogP contribution in [0.5, 0.6) is 0 Å². The summed E-state index contributed by atoms with van der Waals surface area (Å²) < 4.78 is 0. The zero-order valence-electron chi connectivity index (χ0n) is 24.5. The lowest BCUT2D eigenvalue weighted by Gasteiger charge is -2.04. The Bertz CT molecular complexity index is 364.